The van der Waals surface area contributed by atoms with E-state index in [0.29, 0.717) is 23.0 Å². The molecule has 0 aliphatic rings. The van der Waals surface area contributed by atoms with Gasteiger partial charge < -0.3 is 0 Å². The molecule has 0 aromatic heterocycles. The van der Waals surface area contributed by atoms with Gasteiger partial charge in [0.15, 0.2) is 0 Å². The van der Waals surface area contributed by atoms with Crippen LogP contribution in [0.4, 0.5) is 79.1 Å². The Hall–Kier alpha value is -1.09. The van der Waals surface area contributed by atoms with Crippen molar-refractivity contribution in [1.82, 2.24) is 5.12 Å². The number of alkyl halides is 17. The summed E-state index contributed by atoms with van der Waals surface area (Å²) < 4.78 is 240. The van der Waals surface area contributed by atoms with Gasteiger partial charge in [0.25, 0.3) is 0 Å². The van der Waals surface area contributed by atoms with Gasteiger partial charge in [0.2, 0.25) is 0 Å². The number of amides is 1. The number of carbonyl (C=O) groups is 1. The summed E-state index contributed by atoms with van der Waals surface area (Å²) in [6, 6.07) is 0. The lowest BCUT2D eigenvalue weighted by Gasteiger charge is -2.42. The molecule has 0 unspecified atom stereocenters. The van der Waals surface area contributed by atoms with E-state index in [-0.39, 0.29) is 0 Å². The number of hydrogen-bond acceptors (Lipinski definition) is 3. The largest absolute Gasteiger partial charge is 0.460 e. The fourth-order valence-corrected chi connectivity index (χ4v) is 5.51. The van der Waals surface area contributed by atoms with E-state index in [1.165, 1.54) is 0 Å². The molecular formula is C23H29F18NOS2. The van der Waals surface area contributed by atoms with Gasteiger partial charge in [-0.1, -0.05) is 90.8 Å². The molecule has 0 fully saturated rings. The molecule has 0 rings (SSSR count). The summed E-state index contributed by atoms with van der Waals surface area (Å²) >= 11 is 0. The summed E-state index contributed by atoms with van der Waals surface area (Å²) in [6.45, 7) is 0.479. The summed E-state index contributed by atoms with van der Waals surface area (Å²) in [4.78, 5) is 11.4. The quantitative estimate of drug-likeness (QED) is 0.0477. The van der Waals surface area contributed by atoms with Crippen LogP contribution in [-0.4, -0.2) is 76.7 Å². The molecule has 1 amide bonds. The van der Waals surface area contributed by atoms with E-state index in [2.05, 4.69) is 6.92 Å². The van der Waals surface area contributed by atoms with Crippen molar-refractivity contribution in [1.29, 1.82) is 0 Å². The summed E-state index contributed by atoms with van der Waals surface area (Å²) in [5.74, 6) is -63.3. The Morgan fingerprint density at radius 1 is 0.489 bits per heavy atom. The number of carbonyl (C=O) groups excluding carboxylic acids is 1. The Morgan fingerprint density at radius 2 is 0.822 bits per heavy atom. The second-order valence-corrected chi connectivity index (χ2v) is 12.4. The van der Waals surface area contributed by atoms with Crippen LogP contribution in [0, 0.1) is 0 Å². The Morgan fingerprint density at radius 3 is 1.22 bits per heavy atom. The molecule has 0 N–H and O–H groups in total. The molecule has 0 aromatic rings. The van der Waals surface area contributed by atoms with E-state index in [1.807, 2.05) is 0 Å². The molecule has 0 aromatic carbocycles. The van der Waals surface area contributed by atoms with E-state index >= 15 is 0 Å². The van der Waals surface area contributed by atoms with Crippen LogP contribution in [0.25, 0.3) is 0 Å². The van der Waals surface area contributed by atoms with Crippen molar-refractivity contribution in [2.45, 2.75) is 119 Å². The van der Waals surface area contributed by atoms with Crippen molar-refractivity contribution in [3.63, 3.8) is 0 Å². The van der Waals surface area contributed by atoms with Crippen LogP contribution < -0.4 is 0 Å². The highest BCUT2D eigenvalue weighted by atomic mass is 33.1. The molecule has 22 heteroatoms. The van der Waals surface area contributed by atoms with Crippen LogP contribution in [0.1, 0.15) is 71.1 Å². The Bertz CT molecular complexity index is 913. The summed E-state index contributed by atoms with van der Waals surface area (Å²) in [6.07, 6.45) is 2.02. The van der Waals surface area contributed by atoms with E-state index in [9.17, 15) is 83.9 Å². The highest BCUT2D eigenvalue weighted by molar-refractivity contribution is 8.76. The Balaban J connectivity index is 5.28. The van der Waals surface area contributed by atoms with E-state index in [4.69, 9.17) is 0 Å². The zero-order valence-electron chi connectivity index (χ0n) is 23.2. The first-order chi connectivity index (χ1) is 20.1. The van der Waals surface area contributed by atoms with Gasteiger partial charge in [-0.2, -0.15) is 79.8 Å². The first kappa shape index (κ1) is 43.9. The zero-order valence-corrected chi connectivity index (χ0v) is 24.8. The Labute approximate surface area is 253 Å². The van der Waals surface area contributed by atoms with Crippen molar-refractivity contribution in [2.75, 3.05) is 18.1 Å². The maximum absolute atomic E-state index is 13.9. The first-order valence-corrected chi connectivity index (χ1v) is 15.6. The van der Waals surface area contributed by atoms with Gasteiger partial charge >= 0.3 is 53.5 Å². The fourth-order valence-electron chi connectivity index (χ4n) is 3.44. The smallest absolute Gasteiger partial charge is 0.265 e. The van der Waals surface area contributed by atoms with Gasteiger partial charge in [0.05, 0.1) is 6.54 Å². The molecule has 0 saturated heterocycles. The van der Waals surface area contributed by atoms with Gasteiger partial charge in [-0.3, -0.25) is 4.79 Å². The molecule has 0 saturated carbocycles. The van der Waals surface area contributed by atoms with Crippen LogP contribution >= 0.6 is 21.6 Å². The molecule has 0 aliphatic heterocycles. The van der Waals surface area contributed by atoms with Crippen molar-refractivity contribution >= 4 is 27.5 Å². The fraction of sp³-hybridized carbons (Fsp3) is 0.957. The molecule has 0 bridgehead atoms. The summed E-state index contributed by atoms with van der Waals surface area (Å²) in [7, 11) is 1.63. The van der Waals surface area contributed by atoms with E-state index in [0.717, 1.165) is 68.6 Å². The lowest BCUT2D eigenvalue weighted by Crippen LogP contribution is -2.75. The highest BCUT2D eigenvalue weighted by Gasteiger charge is 2.95. The number of halogens is 18. The minimum absolute atomic E-state index is 0.392. The zero-order chi connectivity index (χ0) is 35.8. The van der Waals surface area contributed by atoms with Gasteiger partial charge in [-0.25, -0.2) is 0 Å². The van der Waals surface area contributed by atoms with Crippen LogP contribution in [0.3, 0.4) is 0 Å². The average Bonchev–Trinajstić information content (AvgIpc) is 2.91. The monoisotopic (exact) mass is 741 g/mol. The molecule has 45 heavy (non-hydrogen) atoms. The molecule has 0 atom stereocenters. The topological polar surface area (TPSA) is 20.3 Å². The Kier molecular flexibility index (Phi) is 15.9. The average molecular weight is 742 g/mol. The molecule has 0 heterocycles. The first-order valence-electron chi connectivity index (χ1n) is 13.1. The third-order valence-electron chi connectivity index (χ3n) is 6.25. The van der Waals surface area contributed by atoms with Gasteiger partial charge in [0.1, 0.15) is 0 Å². The standard InChI is InChI=1S/C23H29F18NOS2/c1-2-3-4-5-6-7-8-9-10-11-13-44-45-14-12-42(41)15(43)16(24,25)17(26,27)18(28,29)19(30,31)20(32,33)21(34,35)22(36,37)23(38,39)40/h2-14H2,1H3. The third kappa shape index (κ3) is 9.29. The highest BCUT2D eigenvalue weighted by Crippen LogP contribution is 2.64. The molecule has 0 aliphatic carbocycles. The molecule has 270 valence electrons. The molecule has 0 radical (unpaired) electrons. The van der Waals surface area contributed by atoms with Crippen LogP contribution in [0.15, 0.2) is 0 Å². The van der Waals surface area contributed by atoms with Crippen molar-refractivity contribution in [2.24, 2.45) is 0 Å². The lowest BCUT2D eigenvalue weighted by molar-refractivity contribution is -0.459. The lowest BCUT2D eigenvalue weighted by atomic mass is 9.89. The third-order valence-corrected chi connectivity index (χ3v) is 8.72. The minimum Gasteiger partial charge on any atom is -0.265 e. The number of nitrogens with zero attached hydrogens (tertiary/aromatic N) is 1. The van der Waals surface area contributed by atoms with Crippen LogP contribution in [0.2, 0.25) is 0 Å². The summed E-state index contributed by atoms with van der Waals surface area (Å²) in [5.41, 5.74) is 0. The SMILES string of the molecule is CCCCCCCCCCCCSSCCN(F)C(=O)C(F)(F)C(F)(F)C(F)(F)C(F)(F)C(F)(F)C(F)(F)C(F)(F)C(F)(F)F. The normalized spacial score (nSPS) is 14.6. The van der Waals surface area contributed by atoms with Gasteiger partial charge in [0, 0.05) is 11.5 Å². The summed E-state index contributed by atoms with van der Waals surface area (Å²) in [5, 5.41) is -1.90. The van der Waals surface area contributed by atoms with E-state index < -0.39 is 71.0 Å². The minimum atomic E-state index is -8.83. The predicted molar refractivity (Wildman–Crippen MR) is 130 cm³/mol. The molecular weight excluding hydrogens is 712 g/mol. The van der Waals surface area contributed by atoms with Crippen molar-refractivity contribution < 1.29 is 83.9 Å². The number of hydrogen-bond donors (Lipinski definition) is 0. The second kappa shape index (κ2) is 16.3. The van der Waals surface area contributed by atoms with Crippen LogP contribution in [0.5, 0.6) is 0 Å². The van der Waals surface area contributed by atoms with Crippen molar-refractivity contribution in [3.8, 4) is 0 Å². The van der Waals surface area contributed by atoms with Crippen LogP contribution in [-0.2, 0) is 4.79 Å². The maximum atomic E-state index is 13.9. The van der Waals surface area contributed by atoms with Gasteiger partial charge in [-0.15, -0.1) is 0 Å². The molecule has 0 spiro atoms. The van der Waals surface area contributed by atoms with Crippen molar-refractivity contribution in [3.05, 3.63) is 0 Å². The van der Waals surface area contributed by atoms with E-state index in [1.54, 1.807) is 0 Å². The van der Waals surface area contributed by atoms with Gasteiger partial charge in [-0.05, 0) is 6.42 Å². The predicted octanol–water partition coefficient (Wildman–Crippen LogP) is 11.0. The number of rotatable bonds is 22. The maximum Gasteiger partial charge on any atom is 0.460 e. The second-order valence-electron chi connectivity index (χ2n) is 9.74. The number of unbranched alkanes of at least 4 members (excludes halogenated alkanes) is 9. The molecule has 2 nitrogen and oxygen atoms in total.